The van der Waals surface area contributed by atoms with Gasteiger partial charge in [-0.25, -0.2) is 9.37 Å². The Morgan fingerprint density at radius 2 is 2.28 bits per heavy atom. The lowest BCUT2D eigenvalue weighted by atomic mass is 10.1. The zero-order chi connectivity index (χ0) is 13.1. The number of aromatic nitrogens is 2. The Labute approximate surface area is 113 Å². The average molecular weight is 311 g/mol. The van der Waals surface area contributed by atoms with E-state index in [0.29, 0.717) is 10.9 Å². The van der Waals surface area contributed by atoms with E-state index in [4.69, 9.17) is 0 Å². The molecule has 0 radical (unpaired) electrons. The van der Waals surface area contributed by atoms with Gasteiger partial charge in [0.05, 0.1) is 5.56 Å². The third-order valence-corrected chi connectivity index (χ3v) is 3.40. The first kappa shape index (κ1) is 13.0. The molecule has 2 aromatic rings. The van der Waals surface area contributed by atoms with Crippen LogP contribution in [0.1, 0.15) is 22.6 Å². The van der Waals surface area contributed by atoms with Gasteiger partial charge >= 0.3 is 0 Å². The molecule has 0 saturated heterocycles. The first-order chi connectivity index (χ1) is 8.59. The molecule has 0 spiro atoms. The van der Waals surface area contributed by atoms with E-state index >= 15 is 0 Å². The summed E-state index contributed by atoms with van der Waals surface area (Å²) in [5.74, 6) is 0.105. The molecule has 1 aromatic heterocycles. The largest absolute Gasteiger partial charge is 0.338 e. The van der Waals surface area contributed by atoms with Crippen molar-refractivity contribution in [1.82, 2.24) is 9.55 Å². The summed E-state index contributed by atoms with van der Waals surface area (Å²) in [6, 6.07) is 4.52. The van der Waals surface area contributed by atoms with Crippen LogP contribution in [-0.4, -0.2) is 15.3 Å². The standard InChI is InChI=1S/C13H12BrFN2O/c1-17-8-7-16-12(17)6-5-11(18)13-9(14)3-2-4-10(13)15/h2-4,7-8H,5-6H2,1H3. The SMILES string of the molecule is Cn1ccnc1CCC(=O)c1c(F)cccc1Br. The predicted molar refractivity (Wildman–Crippen MR) is 70.0 cm³/mol. The molecule has 0 aliphatic carbocycles. The highest BCUT2D eigenvalue weighted by Gasteiger charge is 2.15. The zero-order valence-electron chi connectivity index (χ0n) is 9.86. The minimum absolute atomic E-state index is 0.117. The van der Waals surface area contributed by atoms with Gasteiger partial charge in [-0.1, -0.05) is 6.07 Å². The van der Waals surface area contributed by atoms with Crippen molar-refractivity contribution >= 4 is 21.7 Å². The lowest BCUT2D eigenvalue weighted by Crippen LogP contribution is -2.07. The number of benzene rings is 1. The average Bonchev–Trinajstić information content (AvgIpc) is 2.72. The van der Waals surface area contributed by atoms with Crippen LogP contribution >= 0.6 is 15.9 Å². The normalized spacial score (nSPS) is 10.6. The number of Topliss-reactive ketones (excluding diaryl/α,β-unsaturated/α-hetero) is 1. The highest BCUT2D eigenvalue weighted by atomic mass is 79.9. The molecular formula is C13H12BrFN2O. The van der Waals surface area contributed by atoms with Crippen molar-refractivity contribution in [3.8, 4) is 0 Å². The number of carbonyl (C=O) groups excluding carboxylic acids is 1. The molecular weight excluding hydrogens is 299 g/mol. The van der Waals surface area contributed by atoms with Gasteiger partial charge in [-0.05, 0) is 28.1 Å². The van der Waals surface area contributed by atoms with E-state index in [-0.39, 0.29) is 17.8 Å². The highest BCUT2D eigenvalue weighted by molar-refractivity contribution is 9.10. The first-order valence-corrected chi connectivity index (χ1v) is 6.32. The minimum Gasteiger partial charge on any atom is -0.338 e. The van der Waals surface area contributed by atoms with Crippen molar-refractivity contribution in [1.29, 1.82) is 0 Å². The predicted octanol–water partition coefficient (Wildman–Crippen LogP) is 3.14. The molecule has 0 aliphatic heterocycles. The molecule has 2 rings (SSSR count). The minimum atomic E-state index is -0.491. The fraction of sp³-hybridized carbons (Fsp3) is 0.231. The van der Waals surface area contributed by atoms with E-state index in [0.717, 1.165) is 5.82 Å². The van der Waals surface area contributed by atoms with E-state index in [1.54, 1.807) is 18.3 Å². The fourth-order valence-electron chi connectivity index (χ4n) is 1.75. The van der Waals surface area contributed by atoms with Gasteiger partial charge in [0.1, 0.15) is 11.6 Å². The van der Waals surface area contributed by atoms with Gasteiger partial charge in [0.25, 0.3) is 0 Å². The molecule has 0 aliphatic rings. The van der Waals surface area contributed by atoms with Crippen molar-refractivity contribution in [3.63, 3.8) is 0 Å². The van der Waals surface area contributed by atoms with Crippen LogP contribution in [0.25, 0.3) is 0 Å². The van der Waals surface area contributed by atoms with E-state index in [2.05, 4.69) is 20.9 Å². The number of carbonyl (C=O) groups is 1. The van der Waals surface area contributed by atoms with Crippen LogP contribution in [0.15, 0.2) is 35.1 Å². The lowest BCUT2D eigenvalue weighted by Gasteiger charge is -2.05. The Morgan fingerprint density at radius 1 is 1.50 bits per heavy atom. The summed E-state index contributed by atoms with van der Waals surface area (Å²) < 4.78 is 15.9. The number of halogens is 2. The van der Waals surface area contributed by atoms with Gasteiger partial charge < -0.3 is 4.57 Å². The summed E-state index contributed by atoms with van der Waals surface area (Å²) in [7, 11) is 1.87. The van der Waals surface area contributed by atoms with Crippen molar-refractivity contribution in [3.05, 3.63) is 52.3 Å². The molecule has 0 bridgehead atoms. The van der Waals surface area contributed by atoms with Crippen LogP contribution in [0, 0.1) is 5.82 Å². The second-order valence-electron chi connectivity index (χ2n) is 3.97. The number of imidazole rings is 1. The molecule has 3 nitrogen and oxygen atoms in total. The second-order valence-corrected chi connectivity index (χ2v) is 4.83. The van der Waals surface area contributed by atoms with Crippen molar-refractivity contribution < 1.29 is 9.18 Å². The molecule has 5 heteroatoms. The summed E-state index contributed by atoms with van der Waals surface area (Å²) in [6.45, 7) is 0. The van der Waals surface area contributed by atoms with Crippen LogP contribution in [0.3, 0.4) is 0 Å². The first-order valence-electron chi connectivity index (χ1n) is 5.53. The maximum absolute atomic E-state index is 13.6. The summed E-state index contributed by atoms with van der Waals surface area (Å²) in [5.41, 5.74) is 0.117. The van der Waals surface area contributed by atoms with Crippen LogP contribution < -0.4 is 0 Å². The number of hydrogen-bond donors (Lipinski definition) is 0. The van der Waals surface area contributed by atoms with E-state index < -0.39 is 5.82 Å². The third kappa shape index (κ3) is 2.67. The molecule has 0 atom stereocenters. The van der Waals surface area contributed by atoms with Gasteiger partial charge in [0.15, 0.2) is 5.78 Å². The number of hydrogen-bond acceptors (Lipinski definition) is 2. The lowest BCUT2D eigenvalue weighted by molar-refractivity contribution is 0.0977. The summed E-state index contributed by atoms with van der Waals surface area (Å²) in [6.07, 6.45) is 4.24. The summed E-state index contributed by atoms with van der Waals surface area (Å²) in [5, 5.41) is 0. The summed E-state index contributed by atoms with van der Waals surface area (Å²) in [4.78, 5) is 16.1. The highest BCUT2D eigenvalue weighted by Crippen LogP contribution is 2.21. The Morgan fingerprint density at radius 3 is 2.89 bits per heavy atom. The van der Waals surface area contributed by atoms with Crippen LogP contribution in [0.2, 0.25) is 0 Å². The smallest absolute Gasteiger partial charge is 0.167 e. The quantitative estimate of drug-likeness (QED) is 0.813. The Balaban J connectivity index is 2.11. The molecule has 0 amide bonds. The Hall–Kier alpha value is -1.49. The molecule has 1 aromatic carbocycles. The molecule has 0 fully saturated rings. The number of aryl methyl sites for hydroxylation is 2. The monoisotopic (exact) mass is 310 g/mol. The molecule has 18 heavy (non-hydrogen) atoms. The maximum atomic E-state index is 13.6. The number of ketones is 1. The molecule has 0 saturated carbocycles. The van der Waals surface area contributed by atoms with Crippen molar-refractivity contribution in [2.75, 3.05) is 0 Å². The number of rotatable bonds is 4. The molecule has 0 N–H and O–H groups in total. The van der Waals surface area contributed by atoms with Gasteiger partial charge in [0, 0.05) is 36.8 Å². The van der Waals surface area contributed by atoms with E-state index in [9.17, 15) is 9.18 Å². The van der Waals surface area contributed by atoms with Crippen LogP contribution in [0.4, 0.5) is 4.39 Å². The maximum Gasteiger partial charge on any atom is 0.167 e. The van der Waals surface area contributed by atoms with Gasteiger partial charge in [-0.15, -0.1) is 0 Å². The van der Waals surface area contributed by atoms with Crippen LogP contribution in [-0.2, 0) is 13.5 Å². The molecule has 1 heterocycles. The number of nitrogens with zero attached hydrogens (tertiary/aromatic N) is 2. The van der Waals surface area contributed by atoms with E-state index in [1.807, 2.05) is 17.8 Å². The fourth-order valence-corrected chi connectivity index (χ4v) is 2.32. The second kappa shape index (κ2) is 5.44. The van der Waals surface area contributed by atoms with Crippen LogP contribution in [0.5, 0.6) is 0 Å². The third-order valence-electron chi connectivity index (χ3n) is 2.74. The Kier molecular flexibility index (Phi) is 3.91. The zero-order valence-corrected chi connectivity index (χ0v) is 11.4. The Bertz CT molecular complexity index is 560. The van der Waals surface area contributed by atoms with Gasteiger partial charge in [0.2, 0.25) is 0 Å². The van der Waals surface area contributed by atoms with Crippen molar-refractivity contribution in [2.45, 2.75) is 12.8 Å². The van der Waals surface area contributed by atoms with Gasteiger partial charge in [-0.2, -0.15) is 0 Å². The topological polar surface area (TPSA) is 34.9 Å². The van der Waals surface area contributed by atoms with E-state index in [1.165, 1.54) is 6.07 Å². The van der Waals surface area contributed by atoms with Crippen molar-refractivity contribution in [2.24, 2.45) is 7.05 Å². The molecule has 94 valence electrons. The summed E-state index contributed by atoms with van der Waals surface area (Å²) >= 11 is 3.20. The van der Waals surface area contributed by atoms with Gasteiger partial charge in [-0.3, -0.25) is 4.79 Å². The molecule has 0 unspecified atom stereocenters.